The summed E-state index contributed by atoms with van der Waals surface area (Å²) in [6.07, 6.45) is 4.42. The molecule has 2 heterocycles. The maximum absolute atomic E-state index is 12.4. The lowest BCUT2D eigenvalue weighted by atomic mass is 9.99. The molecule has 1 aromatic heterocycles. The number of rotatable bonds is 3. The van der Waals surface area contributed by atoms with E-state index in [1.54, 1.807) is 11.1 Å². The Labute approximate surface area is 123 Å². The molecular weight excluding hydrogens is 274 g/mol. The van der Waals surface area contributed by atoms with Crippen molar-refractivity contribution in [3.63, 3.8) is 0 Å². The Balaban J connectivity index is 2.07. The summed E-state index contributed by atoms with van der Waals surface area (Å²) in [4.78, 5) is 31.5. The van der Waals surface area contributed by atoms with E-state index in [9.17, 15) is 9.59 Å². The van der Waals surface area contributed by atoms with Crippen molar-refractivity contribution >= 4 is 28.3 Å². The fourth-order valence-electron chi connectivity index (χ4n) is 2.40. The average Bonchev–Trinajstić information content (AvgIpc) is 2.83. The van der Waals surface area contributed by atoms with Crippen molar-refractivity contribution in [2.75, 3.05) is 11.9 Å². The van der Waals surface area contributed by atoms with E-state index in [2.05, 4.69) is 10.3 Å². The van der Waals surface area contributed by atoms with E-state index in [1.165, 1.54) is 11.3 Å². The molecule has 1 saturated heterocycles. The van der Waals surface area contributed by atoms with Gasteiger partial charge in [-0.25, -0.2) is 4.98 Å². The molecule has 2 rings (SSSR count). The van der Waals surface area contributed by atoms with Crippen LogP contribution in [-0.2, 0) is 9.59 Å². The first-order chi connectivity index (χ1) is 9.49. The van der Waals surface area contributed by atoms with Gasteiger partial charge in [-0.1, -0.05) is 13.8 Å². The van der Waals surface area contributed by atoms with E-state index in [0.29, 0.717) is 11.7 Å². The molecule has 0 spiro atoms. The van der Waals surface area contributed by atoms with Gasteiger partial charge in [0.1, 0.15) is 6.04 Å². The second-order valence-corrected chi connectivity index (χ2v) is 6.70. The largest absolute Gasteiger partial charge is 0.330 e. The molecule has 1 aliphatic heterocycles. The van der Waals surface area contributed by atoms with Gasteiger partial charge >= 0.3 is 0 Å². The van der Waals surface area contributed by atoms with Gasteiger partial charge in [0.05, 0.1) is 0 Å². The molecule has 0 aromatic carbocycles. The lowest BCUT2D eigenvalue weighted by Crippen LogP contribution is -2.51. The Morgan fingerprint density at radius 2 is 2.20 bits per heavy atom. The zero-order valence-electron chi connectivity index (χ0n) is 12.2. The zero-order valence-corrected chi connectivity index (χ0v) is 13.0. The average molecular weight is 295 g/mol. The first-order valence-electron chi connectivity index (χ1n) is 7.03. The highest BCUT2D eigenvalue weighted by atomic mass is 32.1. The molecule has 0 saturated carbocycles. The highest BCUT2D eigenvalue weighted by Gasteiger charge is 2.33. The number of piperidine rings is 1. The molecule has 1 aromatic rings. The molecule has 1 N–H and O–H groups in total. The minimum absolute atomic E-state index is 0.0557. The summed E-state index contributed by atoms with van der Waals surface area (Å²) in [5.74, 6) is -0.140. The van der Waals surface area contributed by atoms with Crippen molar-refractivity contribution in [3.05, 3.63) is 11.1 Å². The number of amides is 2. The molecular formula is C14H21N3O2S. The van der Waals surface area contributed by atoms with E-state index in [1.807, 2.05) is 20.8 Å². The maximum Gasteiger partial charge on any atom is 0.248 e. The van der Waals surface area contributed by atoms with E-state index in [-0.39, 0.29) is 23.8 Å². The number of hydrogen-bond acceptors (Lipinski definition) is 4. The number of nitrogens with one attached hydrogen (secondary N) is 1. The molecule has 0 aliphatic carbocycles. The molecule has 1 fully saturated rings. The lowest BCUT2D eigenvalue weighted by molar-refractivity contribution is -0.142. The van der Waals surface area contributed by atoms with Crippen LogP contribution >= 0.6 is 11.3 Å². The number of aromatic nitrogens is 1. The summed E-state index contributed by atoms with van der Waals surface area (Å²) in [5.41, 5.74) is 0. The summed E-state index contributed by atoms with van der Waals surface area (Å²) < 4.78 is 0. The van der Waals surface area contributed by atoms with E-state index in [4.69, 9.17) is 0 Å². The summed E-state index contributed by atoms with van der Waals surface area (Å²) in [5, 5.41) is 3.44. The maximum atomic E-state index is 12.4. The van der Waals surface area contributed by atoms with Gasteiger partial charge in [0.15, 0.2) is 5.13 Å². The van der Waals surface area contributed by atoms with Crippen LogP contribution in [0.5, 0.6) is 0 Å². The highest BCUT2D eigenvalue weighted by Crippen LogP contribution is 2.22. The summed E-state index contributed by atoms with van der Waals surface area (Å²) in [7, 11) is 0. The predicted molar refractivity (Wildman–Crippen MR) is 79.7 cm³/mol. The Hall–Kier alpha value is -1.43. The number of carbonyl (C=O) groups is 2. The number of thiazole rings is 1. The quantitative estimate of drug-likeness (QED) is 0.931. The van der Waals surface area contributed by atoms with Crippen LogP contribution in [0, 0.1) is 12.8 Å². The van der Waals surface area contributed by atoms with Gasteiger partial charge in [0.25, 0.3) is 0 Å². The highest BCUT2D eigenvalue weighted by molar-refractivity contribution is 7.15. The number of nitrogens with zero attached hydrogens (tertiary/aromatic N) is 2. The van der Waals surface area contributed by atoms with Crippen molar-refractivity contribution in [2.24, 2.45) is 5.92 Å². The molecule has 20 heavy (non-hydrogen) atoms. The van der Waals surface area contributed by atoms with Gasteiger partial charge < -0.3 is 10.2 Å². The van der Waals surface area contributed by atoms with Crippen LogP contribution < -0.4 is 5.32 Å². The molecule has 1 unspecified atom stereocenters. The molecule has 2 amide bonds. The first-order valence-corrected chi connectivity index (χ1v) is 7.84. The first kappa shape index (κ1) is 15.0. The van der Waals surface area contributed by atoms with Crippen molar-refractivity contribution in [2.45, 2.75) is 46.1 Å². The van der Waals surface area contributed by atoms with E-state index >= 15 is 0 Å². The van der Waals surface area contributed by atoms with Crippen LogP contribution in [0.3, 0.4) is 0 Å². The molecule has 6 heteroatoms. The second-order valence-electron chi connectivity index (χ2n) is 5.46. The number of anilines is 1. The van der Waals surface area contributed by atoms with Crippen LogP contribution in [0.2, 0.25) is 0 Å². The summed E-state index contributed by atoms with van der Waals surface area (Å²) >= 11 is 1.45. The molecule has 110 valence electrons. The van der Waals surface area contributed by atoms with Gasteiger partial charge in [-0.3, -0.25) is 9.59 Å². The Morgan fingerprint density at radius 1 is 1.45 bits per heavy atom. The molecule has 0 bridgehead atoms. The fourth-order valence-corrected chi connectivity index (χ4v) is 3.07. The second kappa shape index (κ2) is 6.35. The van der Waals surface area contributed by atoms with Crippen LogP contribution in [0.25, 0.3) is 0 Å². The fraction of sp³-hybridized carbons (Fsp3) is 0.643. The minimum Gasteiger partial charge on any atom is -0.330 e. The molecule has 0 radical (unpaired) electrons. The van der Waals surface area contributed by atoms with E-state index in [0.717, 1.165) is 24.1 Å². The van der Waals surface area contributed by atoms with Gasteiger partial charge in [-0.05, 0) is 26.2 Å². The predicted octanol–water partition coefficient (Wildman–Crippen LogP) is 2.43. The third kappa shape index (κ3) is 3.36. The van der Waals surface area contributed by atoms with Gasteiger partial charge in [0.2, 0.25) is 11.8 Å². The van der Waals surface area contributed by atoms with Crippen LogP contribution in [0.1, 0.15) is 38.0 Å². The SMILES string of the molecule is Cc1cnc(NC(=O)C2CCCCN2C(=O)C(C)C)s1. The number of carbonyl (C=O) groups excluding carboxylic acids is 2. The third-order valence-corrected chi connectivity index (χ3v) is 4.26. The van der Waals surface area contributed by atoms with Crippen LogP contribution in [-0.4, -0.2) is 34.3 Å². The number of hydrogen-bond donors (Lipinski definition) is 1. The van der Waals surface area contributed by atoms with Crippen molar-refractivity contribution in [1.29, 1.82) is 0 Å². The van der Waals surface area contributed by atoms with Gasteiger partial charge in [-0.2, -0.15) is 0 Å². The number of aryl methyl sites for hydroxylation is 1. The van der Waals surface area contributed by atoms with Gasteiger partial charge in [-0.15, -0.1) is 11.3 Å². The van der Waals surface area contributed by atoms with Crippen molar-refractivity contribution < 1.29 is 9.59 Å². The van der Waals surface area contributed by atoms with Gasteiger partial charge in [0, 0.05) is 23.5 Å². The molecule has 5 nitrogen and oxygen atoms in total. The minimum atomic E-state index is -0.358. The summed E-state index contributed by atoms with van der Waals surface area (Å²) in [6.45, 7) is 6.36. The monoisotopic (exact) mass is 295 g/mol. The van der Waals surface area contributed by atoms with Crippen molar-refractivity contribution in [1.82, 2.24) is 9.88 Å². The lowest BCUT2D eigenvalue weighted by Gasteiger charge is -2.35. The smallest absolute Gasteiger partial charge is 0.248 e. The zero-order chi connectivity index (χ0) is 14.7. The molecule has 1 aliphatic rings. The number of likely N-dealkylation sites (tertiary alicyclic amines) is 1. The molecule has 1 atom stereocenters. The third-order valence-electron chi connectivity index (χ3n) is 3.43. The standard InChI is InChI=1S/C14H21N3O2S/c1-9(2)13(19)17-7-5-4-6-11(17)12(18)16-14-15-8-10(3)20-14/h8-9,11H,4-7H2,1-3H3,(H,15,16,18). The Bertz CT molecular complexity index is 498. The normalized spacial score (nSPS) is 19.2. The topological polar surface area (TPSA) is 62.3 Å². The summed E-state index contributed by atoms with van der Waals surface area (Å²) in [6, 6.07) is -0.358. The Kier molecular flexibility index (Phi) is 4.75. The van der Waals surface area contributed by atoms with Crippen molar-refractivity contribution in [3.8, 4) is 0 Å². The van der Waals surface area contributed by atoms with E-state index < -0.39 is 0 Å². The van der Waals surface area contributed by atoms with Crippen LogP contribution in [0.4, 0.5) is 5.13 Å². The van der Waals surface area contributed by atoms with Crippen LogP contribution in [0.15, 0.2) is 6.20 Å². The Morgan fingerprint density at radius 3 is 2.80 bits per heavy atom.